The van der Waals surface area contributed by atoms with Gasteiger partial charge in [-0.05, 0) is 25.5 Å². The molecule has 0 aliphatic heterocycles. The molecular formula is C10H14BN. The van der Waals surface area contributed by atoms with Crippen LogP contribution >= 0.6 is 0 Å². The second kappa shape index (κ2) is 3.48. The second-order valence-electron chi connectivity index (χ2n) is 3.07. The summed E-state index contributed by atoms with van der Waals surface area (Å²) < 4.78 is 0. The Hall–Kier alpha value is -1.18. The van der Waals surface area contributed by atoms with Gasteiger partial charge in [0.2, 0.25) is 0 Å². The third kappa shape index (κ3) is 1.70. The molecule has 1 aromatic rings. The van der Waals surface area contributed by atoms with E-state index < -0.39 is 0 Å². The van der Waals surface area contributed by atoms with Gasteiger partial charge in [0.1, 0.15) is 7.85 Å². The average Bonchev–Trinajstić information content (AvgIpc) is 2.01. The van der Waals surface area contributed by atoms with Crippen LogP contribution in [0.2, 0.25) is 0 Å². The van der Waals surface area contributed by atoms with Crippen molar-refractivity contribution in [1.82, 2.24) is 0 Å². The normalized spacial score (nSPS) is 10.8. The fourth-order valence-corrected chi connectivity index (χ4v) is 1.18. The predicted octanol–water partition coefficient (Wildman–Crippen LogP) is 0.869. The Morgan fingerprint density at radius 2 is 2.08 bits per heavy atom. The molecule has 0 saturated carbocycles. The number of nitrogens with two attached hydrogens (primary N) is 1. The number of anilines is 1. The minimum atomic E-state index is 0.858. The van der Waals surface area contributed by atoms with Crippen molar-refractivity contribution in [2.75, 3.05) is 5.73 Å². The van der Waals surface area contributed by atoms with Crippen LogP contribution < -0.4 is 11.2 Å². The molecule has 1 nitrogen and oxygen atoms in total. The molecule has 0 fully saturated rings. The SMILES string of the molecule is Bc1cc(N)c(/C=C/C)cc1C. The number of benzene rings is 1. The zero-order valence-corrected chi connectivity index (χ0v) is 7.89. The number of hydrogen-bond donors (Lipinski definition) is 1. The zero-order valence-electron chi connectivity index (χ0n) is 7.89. The molecule has 1 rings (SSSR count). The Morgan fingerprint density at radius 3 is 2.67 bits per heavy atom. The lowest BCUT2D eigenvalue weighted by atomic mass is 9.89. The lowest BCUT2D eigenvalue weighted by Gasteiger charge is -2.05. The number of aryl methyl sites for hydroxylation is 1. The van der Waals surface area contributed by atoms with E-state index >= 15 is 0 Å². The monoisotopic (exact) mass is 159 g/mol. The summed E-state index contributed by atoms with van der Waals surface area (Å²) >= 11 is 0. The van der Waals surface area contributed by atoms with Crippen molar-refractivity contribution in [3.63, 3.8) is 0 Å². The summed E-state index contributed by atoms with van der Waals surface area (Å²) in [6, 6.07) is 4.13. The molecule has 0 unspecified atom stereocenters. The summed E-state index contributed by atoms with van der Waals surface area (Å²) in [6.07, 6.45) is 4.03. The van der Waals surface area contributed by atoms with E-state index in [-0.39, 0.29) is 0 Å². The zero-order chi connectivity index (χ0) is 9.14. The number of nitrogen functional groups attached to an aromatic ring is 1. The van der Waals surface area contributed by atoms with Gasteiger partial charge >= 0.3 is 0 Å². The highest BCUT2D eigenvalue weighted by Gasteiger charge is 1.97. The van der Waals surface area contributed by atoms with Gasteiger partial charge in [0.15, 0.2) is 0 Å². The Kier molecular flexibility index (Phi) is 2.59. The fourth-order valence-electron chi connectivity index (χ4n) is 1.18. The first-order valence-corrected chi connectivity index (χ1v) is 4.14. The van der Waals surface area contributed by atoms with E-state index in [1.165, 1.54) is 11.0 Å². The summed E-state index contributed by atoms with van der Waals surface area (Å²) in [4.78, 5) is 0. The molecule has 0 heterocycles. The van der Waals surface area contributed by atoms with Crippen LogP contribution in [0.5, 0.6) is 0 Å². The number of hydrogen-bond acceptors (Lipinski definition) is 1. The quantitative estimate of drug-likeness (QED) is 0.477. The molecule has 0 atom stereocenters. The van der Waals surface area contributed by atoms with Crippen LogP contribution in [-0.4, -0.2) is 7.85 Å². The third-order valence-electron chi connectivity index (χ3n) is 2.05. The van der Waals surface area contributed by atoms with Crippen LogP contribution in [0.4, 0.5) is 5.69 Å². The molecular weight excluding hydrogens is 145 g/mol. The molecule has 0 amide bonds. The Labute approximate surface area is 74.7 Å². The highest BCUT2D eigenvalue weighted by atomic mass is 14.6. The van der Waals surface area contributed by atoms with Gasteiger partial charge in [0.25, 0.3) is 0 Å². The molecule has 2 N–H and O–H groups in total. The molecule has 1 aromatic carbocycles. The number of allylic oxidation sites excluding steroid dienone is 1. The molecule has 62 valence electrons. The lowest BCUT2D eigenvalue weighted by molar-refractivity contribution is 1.50. The van der Waals surface area contributed by atoms with Gasteiger partial charge in [-0.1, -0.05) is 29.2 Å². The van der Waals surface area contributed by atoms with Crippen molar-refractivity contribution >= 4 is 25.1 Å². The fraction of sp³-hybridized carbons (Fsp3) is 0.200. The summed E-state index contributed by atoms with van der Waals surface area (Å²) in [7, 11) is 2.07. The third-order valence-corrected chi connectivity index (χ3v) is 2.05. The minimum Gasteiger partial charge on any atom is -0.398 e. The van der Waals surface area contributed by atoms with Gasteiger partial charge in [-0.2, -0.15) is 0 Å². The van der Waals surface area contributed by atoms with Crippen LogP contribution in [0.15, 0.2) is 18.2 Å². The molecule has 0 saturated heterocycles. The van der Waals surface area contributed by atoms with E-state index in [1.54, 1.807) is 0 Å². The van der Waals surface area contributed by atoms with Crippen LogP contribution in [-0.2, 0) is 0 Å². The topological polar surface area (TPSA) is 26.0 Å². The molecule has 2 heteroatoms. The van der Waals surface area contributed by atoms with Crippen molar-refractivity contribution in [2.45, 2.75) is 13.8 Å². The maximum absolute atomic E-state index is 5.83. The average molecular weight is 159 g/mol. The molecule has 0 aliphatic carbocycles. The standard InChI is InChI=1S/C10H14BN/c1-3-4-8-5-7(2)9(11)6-10(8)12/h3-6H,11-12H2,1-2H3/b4-3+. The maximum atomic E-state index is 5.83. The highest BCUT2D eigenvalue weighted by Crippen LogP contribution is 2.13. The molecule has 0 bridgehead atoms. The van der Waals surface area contributed by atoms with Crippen LogP contribution in [0.1, 0.15) is 18.1 Å². The first kappa shape index (κ1) is 8.92. The number of rotatable bonds is 1. The molecule has 0 aromatic heterocycles. The van der Waals surface area contributed by atoms with E-state index in [9.17, 15) is 0 Å². The first-order chi connectivity index (χ1) is 5.65. The van der Waals surface area contributed by atoms with Crippen molar-refractivity contribution in [3.05, 3.63) is 29.3 Å². The van der Waals surface area contributed by atoms with Crippen molar-refractivity contribution in [2.24, 2.45) is 0 Å². The van der Waals surface area contributed by atoms with Crippen LogP contribution in [0, 0.1) is 6.92 Å². The van der Waals surface area contributed by atoms with E-state index in [1.807, 2.05) is 25.1 Å². The van der Waals surface area contributed by atoms with E-state index in [4.69, 9.17) is 5.73 Å². The van der Waals surface area contributed by atoms with Crippen molar-refractivity contribution < 1.29 is 0 Å². The summed E-state index contributed by atoms with van der Waals surface area (Å²) in [5.41, 5.74) is 10.3. The Balaban J connectivity index is 3.23. The first-order valence-electron chi connectivity index (χ1n) is 4.14. The molecule has 0 aliphatic rings. The van der Waals surface area contributed by atoms with Gasteiger partial charge < -0.3 is 5.73 Å². The van der Waals surface area contributed by atoms with Gasteiger partial charge in [-0.25, -0.2) is 0 Å². The summed E-state index contributed by atoms with van der Waals surface area (Å²) in [5.74, 6) is 0. The van der Waals surface area contributed by atoms with Gasteiger partial charge in [0, 0.05) is 5.69 Å². The smallest absolute Gasteiger partial charge is 0.139 e. The van der Waals surface area contributed by atoms with Gasteiger partial charge in [0.05, 0.1) is 0 Å². The minimum absolute atomic E-state index is 0.858. The van der Waals surface area contributed by atoms with Crippen molar-refractivity contribution in [3.8, 4) is 0 Å². The highest BCUT2D eigenvalue weighted by molar-refractivity contribution is 6.33. The molecule has 0 radical (unpaired) electrons. The van der Waals surface area contributed by atoms with Crippen molar-refractivity contribution in [1.29, 1.82) is 0 Å². The molecule has 12 heavy (non-hydrogen) atoms. The van der Waals surface area contributed by atoms with Crippen LogP contribution in [0.25, 0.3) is 6.08 Å². The van der Waals surface area contributed by atoms with E-state index in [0.29, 0.717) is 0 Å². The summed E-state index contributed by atoms with van der Waals surface area (Å²) in [5, 5.41) is 0. The van der Waals surface area contributed by atoms with Gasteiger partial charge in [-0.3, -0.25) is 0 Å². The summed E-state index contributed by atoms with van der Waals surface area (Å²) in [6.45, 7) is 4.09. The lowest BCUT2D eigenvalue weighted by Crippen LogP contribution is -2.09. The molecule has 0 spiro atoms. The Morgan fingerprint density at radius 1 is 1.42 bits per heavy atom. The van der Waals surface area contributed by atoms with Crippen LogP contribution in [0.3, 0.4) is 0 Å². The Bertz CT molecular complexity index is 316. The van der Waals surface area contributed by atoms with E-state index in [0.717, 1.165) is 11.3 Å². The predicted molar refractivity (Wildman–Crippen MR) is 58.5 cm³/mol. The second-order valence-corrected chi connectivity index (χ2v) is 3.07. The largest absolute Gasteiger partial charge is 0.398 e. The van der Waals surface area contributed by atoms with E-state index in [2.05, 4.69) is 20.8 Å². The van der Waals surface area contributed by atoms with Gasteiger partial charge in [-0.15, -0.1) is 0 Å². The maximum Gasteiger partial charge on any atom is 0.139 e.